The minimum absolute atomic E-state index is 0.0984. The maximum atomic E-state index is 11.3. The van der Waals surface area contributed by atoms with Crippen LogP contribution in [-0.2, 0) is 9.59 Å². The number of Topliss-reactive ketones (excluding diaryl/α,β-unsaturated/α-hetero) is 2. The van der Waals surface area contributed by atoms with Crippen LogP contribution >= 0.6 is 11.8 Å². The number of carbonyl (C=O) groups is 2. The molecule has 0 N–H and O–H groups in total. The minimum atomic E-state index is -0.284. The molecule has 3 heteroatoms. The van der Waals surface area contributed by atoms with Crippen molar-refractivity contribution in [3.05, 3.63) is 0 Å². The summed E-state index contributed by atoms with van der Waals surface area (Å²) < 4.78 is -0.284. The highest BCUT2D eigenvalue weighted by atomic mass is 32.2. The van der Waals surface area contributed by atoms with E-state index < -0.39 is 0 Å². The molecule has 0 aromatic heterocycles. The van der Waals surface area contributed by atoms with Gasteiger partial charge in [0.15, 0.2) is 5.78 Å². The van der Waals surface area contributed by atoms with Gasteiger partial charge in [0, 0.05) is 6.42 Å². The molecule has 1 atom stereocenters. The second-order valence-corrected chi connectivity index (χ2v) is 4.38. The molecule has 1 fully saturated rings. The summed E-state index contributed by atoms with van der Waals surface area (Å²) in [6.45, 7) is 1.92. The summed E-state index contributed by atoms with van der Waals surface area (Å²) in [4.78, 5) is 22.2. The van der Waals surface area contributed by atoms with Crippen LogP contribution in [0, 0.1) is 0 Å². The van der Waals surface area contributed by atoms with Crippen molar-refractivity contribution in [1.29, 1.82) is 0 Å². The Morgan fingerprint density at radius 3 is 2.55 bits per heavy atom. The maximum absolute atomic E-state index is 11.3. The van der Waals surface area contributed by atoms with E-state index in [1.807, 2.05) is 13.2 Å². The molecule has 62 valence electrons. The molecule has 0 spiro atoms. The molecule has 0 amide bonds. The highest BCUT2D eigenvalue weighted by Gasteiger charge is 2.37. The van der Waals surface area contributed by atoms with Gasteiger partial charge < -0.3 is 0 Å². The highest BCUT2D eigenvalue weighted by Crippen LogP contribution is 2.33. The van der Waals surface area contributed by atoms with Crippen LogP contribution in [0.1, 0.15) is 26.2 Å². The molecule has 0 aliphatic heterocycles. The number of hydrogen-bond acceptors (Lipinski definition) is 3. The van der Waals surface area contributed by atoms with Crippen molar-refractivity contribution in [2.75, 3.05) is 6.26 Å². The monoisotopic (exact) mass is 172 g/mol. The standard InChI is InChI=1S/C8H12O2S/c1-8(11-2)4-3-6(9)5-7(8)10/h3-5H2,1-2H3. The van der Waals surface area contributed by atoms with E-state index in [0.29, 0.717) is 12.8 Å². The Morgan fingerprint density at radius 1 is 1.45 bits per heavy atom. The van der Waals surface area contributed by atoms with Crippen LogP contribution in [-0.4, -0.2) is 22.6 Å². The van der Waals surface area contributed by atoms with Crippen LogP contribution < -0.4 is 0 Å². The molecule has 1 unspecified atom stereocenters. The lowest BCUT2D eigenvalue weighted by Crippen LogP contribution is -2.37. The van der Waals surface area contributed by atoms with Crippen LogP contribution in [0.3, 0.4) is 0 Å². The van der Waals surface area contributed by atoms with Crippen LogP contribution in [0.2, 0.25) is 0 Å². The summed E-state index contributed by atoms with van der Waals surface area (Å²) >= 11 is 1.56. The predicted octanol–water partition coefficient (Wildman–Crippen LogP) is 1.43. The Labute approximate surface area is 70.7 Å². The van der Waals surface area contributed by atoms with Crippen molar-refractivity contribution < 1.29 is 9.59 Å². The van der Waals surface area contributed by atoms with E-state index in [9.17, 15) is 9.59 Å². The highest BCUT2D eigenvalue weighted by molar-refractivity contribution is 8.00. The SMILES string of the molecule is CSC1(C)CCC(=O)CC1=O. The van der Waals surface area contributed by atoms with E-state index in [1.165, 1.54) is 0 Å². The number of thioether (sulfide) groups is 1. The van der Waals surface area contributed by atoms with Crippen LogP contribution in [0.25, 0.3) is 0 Å². The van der Waals surface area contributed by atoms with Gasteiger partial charge in [-0.1, -0.05) is 0 Å². The molecule has 0 heterocycles. The van der Waals surface area contributed by atoms with Crippen molar-refractivity contribution in [1.82, 2.24) is 0 Å². The molecule has 1 saturated carbocycles. The van der Waals surface area contributed by atoms with Crippen molar-refractivity contribution in [2.24, 2.45) is 0 Å². The van der Waals surface area contributed by atoms with E-state index in [0.717, 1.165) is 0 Å². The predicted molar refractivity (Wildman–Crippen MR) is 45.8 cm³/mol. The van der Waals surface area contributed by atoms with Crippen molar-refractivity contribution in [2.45, 2.75) is 30.9 Å². The Hall–Kier alpha value is -0.310. The lowest BCUT2D eigenvalue weighted by molar-refractivity contribution is -0.131. The Morgan fingerprint density at radius 2 is 2.09 bits per heavy atom. The topological polar surface area (TPSA) is 34.1 Å². The van der Waals surface area contributed by atoms with Gasteiger partial charge in [-0.15, -0.1) is 0 Å². The number of carbonyl (C=O) groups excluding carboxylic acids is 2. The van der Waals surface area contributed by atoms with E-state index >= 15 is 0 Å². The van der Waals surface area contributed by atoms with E-state index in [1.54, 1.807) is 11.8 Å². The van der Waals surface area contributed by atoms with Crippen molar-refractivity contribution in [3.63, 3.8) is 0 Å². The number of hydrogen-bond donors (Lipinski definition) is 0. The van der Waals surface area contributed by atoms with E-state index in [4.69, 9.17) is 0 Å². The first-order valence-corrected chi connectivity index (χ1v) is 4.91. The van der Waals surface area contributed by atoms with E-state index in [-0.39, 0.29) is 22.7 Å². The zero-order valence-corrected chi connectivity index (χ0v) is 7.66. The fourth-order valence-corrected chi connectivity index (χ4v) is 1.79. The third-order valence-corrected chi connectivity index (χ3v) is 3.61. The molecular formula is C8H12O2S. The van der Waals surface area contributed by atoms with Gasteiger partial charge in [-0.25, -0.2) is 0 Å². The van der Waals surface area contributed by atoms with Gasteiger partial charge in [0.2, 0.25) is 0 Å². The summed E-state index contributed by atoms with van der Waals surface area (Å²) in [6, 6.07) is 0. The quantitative estimate of drug-likeness (QED) is 0.561. The minimum Gasteiger partial charge on any atom is -0.299 e. The molecule has 1 rings (SSSR count). The summed E-state index contributed by atoms with van der Waals surface area (Å²) in [5.41, 5.74) is 0. The van der Waals surface area contributed by atoms with Gasteiger partial charge in [0.1, 0.15) is 5.78 Å². The van der Waals surface area contributed by atoms with Crippen molar-refractivity contribution in [3.8, 4) is 0 Å². The average Bonchev–Trinajstić information content (AvgIpc) is 1.98. The van der Waals surface area contributed by atoms with Crippen LogP contribution in [0.15, 0.2) is 0 Å². The van der Waals surface area contributed by atoms with Gasteiger partial charge in [-0.3, -0.25) is 9.59 Å². The maximum Gasteiger partial charge on any atom is 0.155 e. The van der Waals surface area contributed by atoms with Gasteiger partial charge >= 0.3 is 0 Å². The molecule has 1 aliphatic carbocycles. The van der Waals surface area contributed by atoms with Gasteiger partial charge in [0.25, 0.3) is 0 Å². The third kappa shape index (κ3) is 1.64. The molecule has 0 aromatic rings. The number of ketones is 2. The van der Waals surface area contributed by atoms with Gasteiger partial charge in [-0.05, 0) is 19.6 Å². The third-order valence-electron chi connectivity index (χ3n) is 2.28. The molecule has 1 aliphatic rings. The normalized spacial score (nSPS) is 32.5. The van der Waals surface area contributed by atoms with Crippen molar-refractivity contribution >= 4 is 23.3 Å². The molecule has 0 saturated heterocycles. The molecule has 0 radical (unpaired) electrons. The lowest BCUT2D eigenvalue weighted by Gasteiger charge is -2.28. The average molecular weight is 172 g/mol. The van der Waals surface area contributed by atoms with Gasteiger partial charge in [0.05, 0.1) is 11.2 Å². The Bertz CT molecular complexity index is 200. The second kappa shape index (κ2) is 2.97. The fraction of sp³-hybridized carbons (Fsp3) is 0.750. The molecule has 0 bridgehead atoms. The first kappa shape index (κ1) is 8.78. The molecular weight excluding hydrogens is 160 g/mol. The molecule has 0 aromatic carbocycles. The Balaban J connectivity index is 2.71. The lowest BCUT2D eigenvalue weighted by atomic mass is 9.88. The van der Waals surface area contributed by atoms with Gasteiger partial charge in [-0.2, -0.15) is 11.8 Å². The fourth-order valence-electron chi connectivity index (χ4n) is 1.19. The van der Waals surface area contributed by atoms with Crippen LogP contribution in [0.4, 0.5) is 0 Å². The number of rotatable bonds is 1. The smallest absolute Gasteiger partial charge is 0.155 e. The summed E-state index contributed by atoms with van der Waals surface area (Å²) in [5.74, 6) is 0.197. The molecule has 11 heavy (non-hydrogen) atoms. The zero-order chi connectivity index (χ0) is 8.48. The van der Waals surface area contributed by atoms with E-state index in [2.05, 4.69) is 0 Å². The first-order valence-electron chi connectivity index (χ1n) is 3.68. The second-order valence-electron chi connectivity index (χ2n) is 3.07. The Kier molecular flexibility index (Phi) is 2.37. The molecule has 2 nitrogen and oxygen atoms in total. The zero-order valence-electron chi connectivity index (χ0n) is 6.85. The van der Waals surface area contributed by atoms with Crippen LogP contribution in [0.5, 0.6) is 0 Å². The summed E-state index contributed by atoms with van der Waals surface area (Å²) in [7, 11) is 0. The first-order chi connectivity index (χ1) is 5.08. The largest absolute Gasteiger partial charge is 0.299 e. The summed E-state index contributed by atoms with van der Waals surface area (Å²) in [5, 5.41) is 0. The summed E-state index contributed by atoms with van der Waals surface area (Å²) in [6.07, 6.45) is 3.36.